The van der Waals surface area contributed by atoms with Crippen molar-refractivity contribution in [1.29, 1.82) is 0 Å². The van der Waals surface area contributed by atoms with Gasteiger partial charge in [-0.2, -0.15) is 0 Å². The summed E-state index contributed by atoms with van der Waals surface area (Å²) in [7, 11) is -15.4. The van der Waals surface area contributed by atoms with Crippen molar-refractivity contribution in [1.82, 2.24) is 0 Å². The zero-order valence-corrected chi connectivity index (χ0v) is 24.2. The first-order chi connectivity index (χ1) is 20.0. The summed E-state index contributed by atoms with van der Waals surface area (Å²) in [6.45, 7) is 1.88. The van der Waals surface area contributed by atoms with Gasteiger partial charge >= 0.3 is 0 Å². The van der Waals surface area contributed by atoms with E-state index >= 15 is 0 Å². The summed E-state index contributed by atoms with van der Waals surface area (Å²) in [4.78, 5) is -2.43. The first-order valence-electron chi connectivity index (χ1n) is 12.0. The summed E-state index contributed by atoms with van der Waals surface area (Å²) in [6.07, 6.45) is 0. The molecule has 0 radical (unpaired) electrons. The smallest absolute Gasteiger partial charge is 0.125 e. The van der Waals surface area contributed by atoms with Crippen molar-refractivity contribution >= 4 is 74.6 Å². The van der Waals surface area contributed by atoms with E-state index < -0.39 is 67.3 Å². The Morgan fingerprint density at radius 1 is 0.651 bits per heavy atom. The zero-order chi connectivity index (χ0) is 31.3. The molecule has 2 N–H and O–H groups in total. The molecule has 5 aromatic carbocycles. The lowest BCUT2D eigenvalue weighted by Crippen LogP contribution is -2.02. The first-order valence-corrected chi connectivity index (χ1v) is 16.2. The summed E-state index contributed by atoms with van der Waals surface area (Å²) in [5.74, 6) is -0.603. The molecule has 0 saturated carbocycles. The Kier molecular flexibility index (Phi) is 7.45. The summed E-state index contributed by atoms with van der Waals surface area (Å²) in [5.41, 5.74) is 1.28. The Morgan fingerprint density at radius 2 is 1.30 bits per heavy atom. The summed E-state index contributed by atoms with van der Waals surface area (Å²) in [6, 6.07) is 16.8. The molecule has 0 aliphatic carbocycles. The molecular weight excluding hydrogens is 623 g/mol. The maximum Gasteiger partial charge on any atom is 0.125 e. The summed E-state index contributed by atoms with van der Waals surface area (Å²) in [5, 5.41) is 20.7. The highest BCUT2D eigenvalue weighted by Crippen LogP contribution is 2.42. The van der Waals surface area contributed by atoms with Crippen LogP contribution < -0.4 is 5.32 Å². The third kappa shape index (κ3) is 6.05. The number of hydrogen-bond acceptors (Lipinski definition) is 13. The van der Waals surface area contributed by atoms with Gasteiger partial charge in [-0.3, -0.25) is 0 Å². The Balaban J connectivity index is 1.76. The molecule has 222 valence electrons. The monoisotopic (exact) mass is 640 g/mol. The van der Waals surface area contributed by atoms with Gasteiger partial charge in [-0.25, -0.2) is 25.3 Å². The van der Waals surface area contributed by atoms with E-state index in [4.69, 9.17) is 0 Å². The molecule has 0 atom stereocenters. The third-order valence-corrected chi connectivity index (χ3v) is 8.99. The maximum absolute atomic E-state index is 12.2. The van der Waals surface area contributed by atoms with Crippen LogP contribution in [0.25, 0.3) is 21.5 Å². The van der Waals surface area contributed by atoms with Crippen molar-refractivity contribution < 1.29 is 44.0 Å². The van der Waals surface area contributed by atoms with Crippen molar-refractivity contribution in [3.63, 3.8) is 0 Å². The molecule has 5 aromatic rings. The van der Waals surface area contributed by atoms with Crippen LogP contribution >= 0.6 is 0 Å². The number of azo groups is 1. The van der Waals surface area contributed by atoms with Crippen molar-refractivity contribution in [3.05, 3.63) is 84.4 Å². The maximum atomic E-state index is 12.2. The van der Waals surface area contributed by atoms with Crippen LogP contribution in [0.3, 0.4) is 0 Å². The molecule has 0 amide bonds. The number of nitrogens with one attached hydrogen (secondary N) is 1. The third-order valence-electron chi connectivity index (χ3n) is 6.41. The number of hydrogen-bond donors (Lipinski definition) is 2. The van der Waals surface area contributed by atoms with E-state index in [1.165, 1.54) is 24.3 Å². The lowest BCUT2D eigenvalue weighted by atomic mass is 10.1. The Labute approximate surface area is 245 Å². The normalized spacial score (nSPS) is 12.7. The summed E-state index contributed by atoms with van der Waals surface area (Å²) < 4.78 is 108. The fraction of sp³-hybridized carbons (Fsp3) is 0.0370. The minimum absolute atomic E-state index is 0.0226. The lowest BCUT2D eigenvalue weighted by Gasteiger charge is -2.17. The van der Waals surface area contributed by atoms with E-state index in [0.717, 1.165) is 29.8 Å². The zero-order valence-electron chi connectivity index (χ0n) is 21.7. The average molecular weight is 641 g/mol. The van der Waals surface area contributed by atoms with Gasteiger partial charge < -0.3 is 24.1 Å². The molecular formula is C27H18N3O10S3-3. The van der Waals surface area contributed by atoms with E-state index in [1.54, 1.807) is 12.1 Å². The highest BCUT2D eigenvalue weighted by molar-refractivity contribution is 7.86. The van der Waals surface area contributed by atoms with Gasteiger partial charge in [0.25, 0.3) is 0 Å². The van der Waals surface area contributed by atoms with Crippen LogP contribution in [0.1, 0.15) is 5.56 Å². The number of anilines is 2. The van der Waals surface area contributed by atoms with Crippen LogP contribution in [-0.4, -0.2) is 44.0 Å². The molecule has 0 fully saturated rings. The van der Waals surface area contributed by atoms with Crippen molar-refractivity contribution in [3.8, 4) is 5.75 Å². The van der Waals surface area contributed by atoms with Gasteiger partial charge in [-0.1, -0.05) is 29.8 Å². The van der Waals surface area contributed by atoms with E-state index in [1.807, 2.05) is 19.1 Å². The SMILES string of the molecule is Cc1ccc(Nc2ccc(N=Nc3cc(S(=O)(=O)[O-])cc4c(S(=O)(=O)[O-])ccc(O)c34)c3cccc(S(=O)(=O)[O-])c23)cc1. The van der Waals surface area contributed by atoms with E-state index in [9.17, 15) is 44.0 Å². The molecule has 0 saturated heterocycles. The minimum Gasteiger partial charge on any atom is -0.744 e. The number of aromatic hydroxyl groups is 1. The molecule has 0 aliphatic rings. The van der Waals surface area contributed by atoms with Gasteiger partial charge in [0, 0.05) is 27.5 Å². The number of nitrogens with zero attached hydrogens (tertiary/aromatic N) is 2. The van der Waals surface area contributed by atoms with Gasteiger partial charge in [0.05, 0.1) is 31.4 Å². The molecule has 13 nitrogen and oxygen atoms in total. The number of aryl methyl sites for hydroxylation is 1. The molecule has 0 unspecified atom stereocenters. The molecule has 16 heteroatoms. The van der Waals surface area contributed by atoms with E-state index in [0.29, 0.717) is 11.8 Å². The van der Waals surface area contributed by atoms with Crippen LogP contribution in [0.2, 0.25) is 0 Å². The second kappa shape index (κ2) is 10.7. The number of benzene rings is 5. The minimum atomic E-state index is -5.21. The molecule has 43 heavy (non-hydrogen) atoms. The topological polar surface area (TPSA) is 229 Å². The fourth-order valence-corrected chi connectivity index (χ4v) is 6.39. The predicted molar refractivity (Wildman–Crippen MR) is 152 cm³/mol. The fourth-order valence-electron chi connectivity index (χ4n) is 4.49. The van der Waals surface area contributed by atoms with E-state index in [-0.39, 0.29) is 22.1 Å². The highest BCUT2D eigenvalue weighted by Gasteiger charge is 2.19. The Bertz CT molecular complexity index is 2300. The Hall–Kier alpha value is -4.45. The van der Waals surface area contributed by atoms with Gasteiger partial charge in [0.15, 0.2) is 0 Å². The average Bonchev–Trinajstić information content (AvgIpc) is 2.91. The lowest BCUT2D eigenvalue weighted by molar-refractivity contribution is 0.459. The number of rotatable bonds is 7. The second-order valence-corrected chi connectivity index (χ2v) is 13.4. The van der Waals surface area contributed by atoms with Crippen molar-refractivity contribution in [2.24, 2.45) is 10.2 Å². The van der Waals surface area contributed by atoms with Crippen LogP contribution in [0, 0.1) is 6.92 Å². The van der Waals surface area contributed by atoms with Crippen LogP contribution in [0.15, 0.2) is 104 Å². The first kappa shape index (κ1) is 30.0. The molecule has 0 bridgehead atoms. The van der Waals surface area contributed by atoms with Gasteiger partial charge in [-0.05, 0) is 61.5 Å². The van der Waals surface area contributed by atoms with Gasteiger partial charge in [-0.15, -0.1) is 10.2 Å². The predicted octanol–water partition coefficient (Wildman–Crippen LogP) is 4.88. The molecule has 0 spiro atoms. The van der Waals surface area contributed by atoms with Crippen LogP contribution in [0.5, 0.6) is 5.75 Å². The van der Waals surface area contributed by atoms with Crippen molar-refractivity contribution in [2.45, 2.75) is 21.6 Å². The number of phenols is 1. The molecule has 0 aliphatic heterocycles. The molecule has 0 heterocycles. The molecule has 0 aromatic heterocycles. The summed E-state index contributed by atoms with van der Waals surface area (Å²) >= 11 is 0. The van der Waals surface area contributed by atoms with Crippen LogP contribution in [-0.2, 0) is 30.4 Å². The number of fused-ring (bicyclic) bond motifs is 2. The van der Waals surface area contributed by atoms with Crippen molar-refractivity contribution in [2.75, 3.05) is 5.32 Å². The standard InChI is InChI=1S/C27H21N3O10S3/c1-15-5-7-16(8-6-15)28-21-10-9-20(18-3-2-4-25(27(18)21)43(38,39)40)29-30-22-14-17(41(32,33)34)13-19-24(42(35,36)37)12-11-23(31)26(19)22/h2-14,28,31H,1H3,(H,32,33,34)(H,35,36,37)(H,38,39,40)/p-3. The molecule has 5 rings (SSSR count). The van der Waals surface area contributed by atoms with Crippen LogP contribution in [0.4, 0.5) is 22.7 Å². The Morgan fingerprint density at radius 3 is 1.93 bits per heavy atom. The second-order valence-electron chi connectivity index (χ2n) is 9.31. The largest absolute Gasteiger partial charge is 0.744 e. The van der Waals surface area contributed by atoms with E-state index in [2.05, 4.69) is 15.5 Å². The van der Waals surface area contributed by atoms with Gasteiger partial charge in [0.1, 0.15) is 36.1 Å². The highest BCUT2D eigenvalue weighted by atomic mass is 32.2. The quantitative estimate of drug-likeness (QED) is 0.180. The number of phenolic OH excluding ortho intramolecular Hbond substituents is 1. The van der Waals surface area contributed by atoms with Gasteiger partial charge in [0.2, 0.25) is 0 Å².